The molecule has 0 aliphatic carbocycles. The van der Waals surface area contributed by atoms with E-state index in [1.54, 1.807) is 0 Å². The Morgan fingerprint density at radius 3 is 2.74 bits per heavy atom. The van der Waals surface area contributed by atoms with Gasteiger partial charge in [-0.25, -0.2) is 0 Å². The van der Waals surface area contributed by atoms with Gasteiger partial charge in [0.05, 0.1) is 11.1 Å². The SMILES string of the molecule is CCc1cccc2c(C#N)cn(CC(=O)N3CCC(C)CC3)c12. The summed E-state index contributed by atoms with van der Waals surface area (Å²) in [6.45, 7) is 6.37. The highest BCUT2D eigenvalue weighted by Crippen LogP contribution is 2.25. The second-order valence-corrected chi connectivity index (χ2v) is 6.51. The minimum absolute atomic E-state index is 0.157. The number of nitriles is 1. The van der Waals surface area contributed by atoms with Crippen molar-refractivity contribution < 1.29 is 4.79 Å². The molecule has 1 aromatic carbocycles. The molecule has 1 aromatic heterocycles. The van der Waals surface area contributed by atoms with Crippen LogP contribution in [0.2, 0.25) is 0 Å². The Balaban J connectivity index is 1.91. The summed E-state index contributed by atoms with van der Waals surface area (Å²) in [7, 11) is 0. The largest absolute Gasteiger partial charge is 0.341 e. The van der Waals surface area contributed by atoms with Crippen molar-refractivity contribution in [2.24, 2.45) is 5.92 Å². The zero-order valence-electron chi connectivity index (χ0n) is 13.9. The molecule has 0 unspecified atom stereocenters. The maximum Gasteiger partial charge on any atom is 0.242 e. The summed E-state index contributed by atoms with van der Waals surface area (Å²) < 4.78 is 1.97. The van der Waals surface area contributed by atoms with Gasteiger partial charge in [0.1, 0.15) is 12.6 Å². The van der Waals surface area contributed by atoms with Gasteiger partial charge in [0.2, 0.25) is 5.91 Å². The Morgan fingerprint density at radius 1 is 1.35 bits per heavy atom. The van der Waals surface area contributed by atoms with Crippen molar-refractivity contribution in [2.75, 3.05) is 13.1 Å². The summed E-state index contributed by atoms with van der Waals surface area (Å²) >= 11 is 0. The van der Waals surface area contributed by atoms with Crippen LogP contribution in [0.5, 0.6) is 0 Å². The lowest BCUT2D eigenvalue weighted by Crippen LogP contribution is -2.39. The summed E-state index contributed by atoms with van der Waals surface area (Å²) in [5.74, 6) is 0.868. The van der Waals surface area contributed by atoms with E-state index < -0.39 is 0 Å². The Hall–Kier alpha value is -2.28. The average Bonchev–Trinajstić information content (AvgIpc) is 2.93. The highest BCUT2D eigenvalue weighted by atomic mass is 16.2. The van der Waals surface area contributed by atoms with Gasteiger partial charge < -0.3 is 9.47 Å². The molecule has 4 heteroatoms. The van der Waals surface area contributed by atoms with Crippen LogP contribution in [0.25, 0.3) is 10.9 Å². The molecule has 0 saturated carbocycles. The minimum atomic E-state index is 0.157. The van der Waals surface area contributed by atoms with E-state index in [2.05, 4.69) is 26.0 Å². The highest BCUT2D eigenvalue weighted by Gasteiger charge is 2.21. The van der Waals surface area contributed by atoms with Gasteiger partial charge in [0, 0.05) is 24.7 Å². The summed E-state index contributed by atoms with van der Waals surface area (Å²) in [4.78, 5) is 14.6. The van der Waals surface area contributed by atoms with Gasteiger partial charge in [-0.15, -0.1) is 0 Å². The summed E-state index contributed by atoms with van der Waals surface area (Å²) in [6.07, 6.45) is 4.89. The normalized spacial score (nSPS) is 15.8. The highest BCUT2D eigenvalue weighted by molar-refractivity contribution is 5.90. The molecular weight excluding hydrogens is 286 g/mol. The molecule has 1 aliphatic rings. The number of fused-ring (bicyclic) bond motifs is 1. The molecular formula is C19H23N3O. The fourth-order valence-electron chi connectivity index (χ4n) is 3.44. The summed E-state index contributed by atoms with van der Waals surface area (Å²) in [6, 6.07) is 8.29. The first-order chi connectivity index (χ1) is 11.1. The number of rotatable bonds is 3. The molecule has 2 aromatic rings. The van der Waals surface area contributed by atoms with E-state index in [-0.39, 0.29) is 5.91 Å². The smallest absolute Gasteiger partial charge is 0.242 e. The van der Waals surface area contributed by atoms with Crippen molar-refractivity contribution >= 4 is 16.8 Å². The number of carbonyl (C=O) groups is 1. The van der Waals surface area contributed by atoms with E-state index in [9.17, 15) is 10.1 Å². The van der Waals surface area contributed by atoms with Crippen LogP contribution in [0.1, 0.15) is 37.8 Å². The molecule has 23 heavy (non-hydrogen) atoms. The maximum absolute atomic E-state index is 12.6. The number of likely N-dealkylation sites (tertiary alicyclic amines) is 1. The number of aryl methyl sites for hydroxylation is 1. The number of aromatic nitrogens is 1. The monoisotopic (exact) mass is 309 g/mol. The van der Waals surface area contributed by atoms with Crippen LogP contribution < -0.4 is 0 Å². The molecule has 1 amide bonds. The van der Waals surface area contributed by atoms with E-state index in [1.165, 1.54) is 5.56 Å². The second kappa shape index (κ2) is 6.45. The standard InChI is InChI=1S/C19H23N3O/c1-3-15-5-4-6-17-16(11-20)12-22(19(15)17)13-18(23)21-9-7-14(2)8-10-21/h4-6,12,14H,3,7-10,13H2,1-2H3. The predicted molar refractivity (Wildman–Crippen MR) is 91.0 cm³/mol. The summed E-state index contributed by atoms with van der Waals surface area (Å²) in [5, 5.41) is 10.3. The van der Waals surface area contributed by atoms with Crippen molar-refractivity contribution in [1.29, 1.82) is 5.26 Å². The molecule has 0 bridgehead atoms. The van der Waals surface area contributed by atoms with E-state index in [0.717, 1.165) is 43.3 Å². The minimum Gasteiger partial charge on any atom is -0.341 e. The molecule has 1 aliphatic heterocycles. The third-order valence-electron chi connectivity index (χ3n) is 4.93. The zero-order chi connectivity index (χ0) is 16.4. The number of benzene rings is 1. The number of hydrogen-bond acceptors (Lipinski definition) is 2. The number of para-hydroxylation sites is 1. The second-order valence-electron chi connectivity index (χ2n) is 6.51. The first-order valence-electron chi connectivity index (χ1n) is 8.42. The molecule has 0 radical (unpaired) electrons. The molecule has 1 saturated heterocycles. The van der Waals surface area contributed by atoms with Gasteiger partial charge in [-0.2, -0.15) is 5.26 Å². The Kier molecular flexibility index (Phi) is 4.38. The predicted octanol–water partition coefficient (Wildman–Crippen LogP) is 3.33. The number of piperidine rings is 1. The van der Waals surface area contributed by atoms with Gasteiger partial charge in [-0.3, -0.25) is 4.79 Å². The van der Waals surface area contributed by atoms with Crippen LogP contribution >= 0.6 is 0 Å². The molecule has 3 rings (SSSR count). The fraction of sp³-hybridized carbons (Fsp3) is 0.474. The van der Waals surface area contributed by atoms with Crippen LogP contribution in [-0.4, -0.2) is 28.5 Å². The van der Waals surface area contributed by atoms with Gasteiger partial charge in [-0.1, -0.05) is 32.0 Å². The van der Waals surface area contributed by atoms with Crippen molar-refractivity contribution in [2.45, 2.75) is 39.7 Å². The number of carbonyl (C=O) groups excluding carboxylic acids is 1. The maximum atomic E-state index is 12.6. The van der Waals surface area contributed by atoms with Gasteiger partial charge in [0.15, 0.2) is 0 Å². The lowest BCUT2D eigenvalue weighted by molar-refractivity contribution is -0.133. The van der Waals surface area contributed by atoms with Gasteiger partial charge in [0.25, 0.3) is 0 Å². The van der Waals surface area contributed by atoms with Crippen molar-refractivity contribution in [3.8, 4) is 6.07 Å². The van der Waals surface area contributed by atoms with Crippen molar-refractivity contribution in [1.82, 2.24) is 9.47 Å². The van der Waals surface area contributed by atoms with E-state index in [4.69, 9.17) is 0 Å². The van der Waals surface area contributed by atoms with Crippen LogP contribution in [-0.2, 0) is 17.8 Å². The first kappa shape index (κ1) is 15.6. The molecule has 0 N–H and O–H groups in total. The molecule has 1 fully saturated rings. The fourth-order valence-corrected chi connectivity index (χ4v) is 3.44. The Morgan fingerprint density at radius 2 is 2.09 bits per heavy atom. The average molecular weight is 309 g/mol. The van der Waals surface area contributed by atoms with Gasteiger partial charge in [-0.05, 0) is 30.7 Å². The van der Waals surface area contributed by atoms with Gasteiger partial charge >= 0.3 is 0 Å². The van der Waals surface area contributed by atoms with Crippen molar-refractivity contribution in [3.63, 3.8) is 0 Å². The third kappa shape index (κ3) is 2.96. The molecule has 2 heterocycles. The number of amides is 1. The molecule has 4 nitrogen and oxygen atoms in total. The number of nitrogens with zero attached hydrogens (tertiary/aromatic N) is 3. The summed E-state index contributed by atoms with van der Waals surface area (Å²) in [5.41, 5.74) is 2.87. The van der Waals surface area contributed by atoms with Crippen LogP contribution in [0.3, 0.4) is 0 Å². The van der Waals surface area contributed by atoms with Crippen molar-refractivity contribution in [3.05, 3.63) is 35.5 Å². The molecule has 0 spiro atoms. The van der Waals surface area contributed by atoms with Crippen LogP contribution in [0, 0.1) is 17.2 Å². The molecule has 0 atom stereocenters. The van der Waals surface area contributed by atoms with Crippen LogP contribution in [0.15, 0.2) is 24.4 Å². The first-order valence-corrected chi connectivity index (χ1v) is 8.42. The Bertz CT molecular complexity index is 761. The molecule has 120 valence electrons. The van der Waals surface area contributed by atoms with E-state index in [1.807, 2.05) is 27.8 Å². The lowest BCUT2D eigenvalue weighted by atomic mass is 9.99. The Labute approximate surface area is 137 Å². The lowest BCUT2D eigenvalue weighted by Gasteiger charge is -2.30. The quantitative estimate of drug-likeness (QED) is 0.873. The zero-order valence-corrected chi connectivity index (χ0v) is 13.9. The van der Waals surface area contributed by atoms with E-state index >= 15 is 0 Å². The third-order valence-corrected chi connectivity index (χ3v) is 4.93. The van der Waals surface area contributed by atoms with Crippen LogP contribution in [0.4, 0.5) is 0 Å². The topological polar surface area (TPSA) is 49.0 Å². The van der Waals surface area contributed by atoms with E-state index in [0.29, 0.717) is 18.0 Å². The number of hydrogen-bond donors (Lipinski definition) is 0.